The zero-order chi connectivity index (χ0) is 27.3. The van der Waals surface area contributed by atoms with Gasteiger partial charge in [-0.15, -0.1) is 0 Å². The molecular weight excluding hydrogens is 500 g/mol. The van der Waals surface area contributed by atoms with Gasteiger partial charge in [-0.3, -0.25) is 0 Å². The Balaban J connectivity index is 1.18. The summed E-state index contributed by atoms with van der Waals surface area (Å²) in [5.41, 5.74) is 11.5. The molecule has 41 heavy (non-hydrogen) atoms. The van der Waals surface area contributed by atoms with Crippen LogP contribution in [0.1, 0.15) is 17.8 Å². The number of hydrogen-bond acceptors (Lipinski definition) is 2. The standard InChI is InChI=1S/C37H28N4/c1-41-34-15-5-4-14-33(34)40-37(41)28-22-18-25(19-23-28)30-11-7-9-26-8-6-10-29(35(26)30)24-16-20-27(21-17-24)36-38-31-12-2-3-13-32(31)39-36/h2,4-12,14-23H,3,13H2,1H3,(H,38,39). The van der Waals surface area contributed by atoms with Crippen molar-refractivity contribution in [3.63, 3.8) is 0 Å². The molecule has 4 nitrogen and oxygen atoms in total. The molecule has 1 aliphatic carbocycles. The minimum atomic E-state index is 0.937. The van der Waals surface area contributed by atoms with E-state index in [4.69, 9.17) is 9.97 Å². The van der Waals surface area contributed by atoms with Gasteiger partial charge in [0.15, 0.2) is 0 Å². The van der Waals surface area contributed by atoms with E-state index in [1.807, 2.05) is 6.07 Å². The van der Waals surface area contributed by atoms with E-state index in [2.05, 4.69) is 132 Å². The number of H-pyrrole nitrogens is 1. The van der Waals surface area contributed by atoms with Crippen LogP contribution < -0.4 is 0 Å². The third-order valence-electron chi connectivity index (χ3n) is 8.26. The highest BCUT2D eigenvalue weighted by Crippen LogP contribution is 2.38. The second-order valence-electron chi connectivity index (χ2n) is 10.7. The zero-order valence-corrected chi connectivity index (χ0v) is 22.8. The van der Waals surface area contributed by atoms with Crippen LogP contribution in [-0.4, -0.2) is 19.5 Å². The molecule has 0 amide bonds. The summed E-state index contributed by atoms with van der Waals surface area (Å²) in [5.74, 6) is 1.91. The fourth-order valence-corrected chi connectivity index (χ4v) is 6.14. The molecule has 2 aromatic heterocycles. The average molecular weight is 529 g/mol. The smallest absolute Gasteiger partial charge is 0.140 e. The summed E-state index contributed by atoms with van der Waals surface area (Å²) in [6.07, 6.45) is 6.41. The highest BCUT2D eigenvalue weighted by Gasteiger charge is 2.15. The first-order valence-electron chi connectivity index (χ1n) is 14.1. The number of nitrogens with one attached hydrogen (secondary N) is 1. The van der Waals surface area contributed by atoms with Crippen LogP contribution in [0.2, 0.25) is 0 Å². The number of rotatable bonds is 4. The van der Waals surface area contributed by atoms with Crippen LogP contribution in [-0.2, 0) is 13.5 Å². The Morgan fingerprint density at radius 1 is 0.659 bits per heavy atom. The maximum atomic E-state index is 4.89. The molecule has 0 unspecified atom stereocenters. The number of aromatic nitrogens is 4. The topological polar surface area (TPSA) is 46.5 Å². The number of allylic oxidation sites excluding steroid dienone is 1. The Kier molecular flexibility index (Phi) is 5.46. The Morgan fingerprint density at radius 2 is 1.32 bits per heavy atom. The van der Waals surface area contributed by atoms with Crippen LogP contribution in [0, 0.1) is 0 Å². The number of hydrogen-bond donors (Lipinski definition) is 1. The minimum Gasteiger partial charge on any atom is -0.341 e. The van der Waals surface area contributed by atoms with Crippen molar-refractivity contribution in [2.24, 2.45) is 7.05 Å². The molecule has 0 bridgehead atoms. The Bertz CT molecular complexity index is 2090. The SMILES string of the molecule is Cn1c(-c2ccc(-c3cccc4cccc(-c5ccc(-c6nc7c([nH]6)CCC=C7)cc5)c34)cc2)nc2ccccc21. The molecule has 0 saturated heterocycles. The van der Waals surface area contributed by atoms with Crippen molar-refractivity contribution in [1.82, 2.24) is 19.5 Å². The molecule has 0 saturated carbocycles. The van der Waals surface area contributed by atoms with E-state index in [0.29, 0.717) is 0 Å². The molecule has 1 N–H and O–H groups in total. The summed E-state index contributed by atoms with van der Waals surface area (Å²) in [4.78, 5) is 13.2. The molecule has 0 aliphatic heterocycles. The third kappa shape index (κ3) is 3.99. The van der Waals surface area contributed by atoms with Crippen molar-refractivity contribution in [1.29, 1.82) is 0 Å². The molecule has 1 aliphatic rings. The van der Waals surface area contributed by atoms with Gasteiger partial charge in [-0.2, -0.15) is 0 Å². The molecular formula is C37H28N4. The van der Waals surface area contributed by atoms with Gasteiger partial charge in [0.05, 0.1) is 16.7 Å². The van der Waals surface area contributed by atoms with Gasteiger partial charge in [0, 0.05) is 23.9 Å². The van der Waals surface area contributed by atoms with Gasteiger partial charge in [0.25, 0.3) is 0 Å². The van der Waals surface area contributed by atoms with Crippen molar-refractivity contribution in [2.75, 3.05) is 0 Å². The van der Waals surface area contributed by atoms with Crippen molar-refractivity contribution < 1.29 is 0 Å². The Labute approximate surface area is 238 Å². The molecule has 0 spiro atoms. The normalized spacial score (nSPS) is 12.7. The molecule has 5 aromatic carbocycles. The van der Waals surface area contributed by atoms with Crippen molar-refractivity contribution in [3.8, 4) is 45.0 Å². The average Bonchev–Trinajstić information content (AvgIpc) is 3.62. The second-order valence-corrected chi connectivity index (χ2v) is 10.7. The minimum absolute atomic E-state index is 0.937. The van der Waals surface area contributed by atoms with Crippen LogP contribution in [0.5, 0.6) is 0 Å². The Morgan fingerprint density at radius 3 is 2.00 bits per heavy atom. The highest BCUT2D eigenvalue weighted by molar-refractivity contribution is 6.06. The Hall–Kier alpha value is -5.22. The summed E-state index contributed by atoms with van der Waals surface area (Å²) in [7, 11) is 2.08. The number of para-hydroxylation sites is 2. The summed E-state index contributed by atoms with van der Waals surface area (Å²) >= 11 is 0. The summed E-state index contributed by atoms with van der Waals surface area (Å²) in [5, 5.41) is 2.49. The quantitative estimate of drug-likeness (QED) is 0.248. The largest absolute Gasteiger partial charge is 0.341 e. The second kappa shape index (κ2) is 9.46. The van der Waals surface area contributed by atoms with E-state index in [0.717, 1.165) is 52.3 Å². The lowest BCUT2D eigenvalue weighted by atomic mass is 9.91. The van der Waals surface area contributed by atoms with Gasteiger partial charge in [-0.05, 0) is 64.1 Å². The molecule has 0 atom stereocenters. The first-order chi connectivity index (χ1) is 20.2. The first kappa shape index (κ1) is 23.6. The summed E-state index contributed by atoms with van der Waals surface area (Å²) in [6.45, 7) is 0. The number of aryl methyl sites for hydroxylation is 2. The molecule has 0 fully saturated rings. The molecule has 4 heteroatoms. The molecule has 2 heterocycles. The lowest BCUT2D eigenvalue weighted by Gasteiger charge is -2.13. The monoisotopic (exact) mass is 528 g/mol. The number of aromatic amines is 1. The maximum absolute atomic E-state index is 4.89. The highest BCUT2D eigenvalue weighted by atomic mass is 15.1. The van der Waals surface area contributed by atoms with E-state index in [9.17, 15) is 0 Å². The number of imidazole rings is 2. The van der Waals surface area contributed by atoms with Gasteiger partial charge in [0.2, 0.25) is 0 Å². The van der Waals surface area contributed by atoms with Gasteiger partial charge < -0.3 is 9.55 Å². The van der Waals surface area contributed by atoms with Gasteiger partial charge in [0.1, 0.15) is 11.6 Å². The third-order valence-corrected chi connectivity index (χ3v) is 8.26. The summed E-state index contributed by atoms with van der Waals surface area (Å²) in [6, 6.07) is 39.0. The lowest BCUT2D eigenvalue weighted by Crippen LogP contribution is -1.92. The molecule has 196 valence electrons. The van der Waals surface area contributed by atoms with Crippen LogP contribution in [0.4, 0.5) is 0 Å². The van der Waals surface area contributed by atoms with Gasteiger partial charge in [-0.1, -0.05) is 103 Å². The predicted molar refractivity (Wildman–Crippen MR) is 169 cm³/mol. The van der Waals surface area contributed by atoms with Crippen LogP contribution in [0.25, 0.3) is 72.9 Å². The van der Waals surface area contributed by atoms with Crippen LogP contribution in [0.15, 0.2) is 115 Å². The fourth-order valence-electron chi connectivity index (χ4n) is 6.14. The number of nitrogens with zero attached hydrogens (tertiary/aromatic N) is 3. The lowest BCUT2D eigenvalue weighted by molar-refractivity contribution is 0.944. The number of benzene rings is 5. The van der Waals surface area contributed by atoms with Gasteiger partial charge in [-0.25, -0.2) is 9.97 Å². The number of fused-ring (bicyclic) bond motifs is 3. The molecule has 8 rings (SSSR count). The van der Waals surface area contributed by atoms with Crippen molar-refractivity contribution in [3.05, 3.63) is 127 Å². The van der Waals surface area contributed by atoms with Gasteiger partial charge >= 0.3 is 0 Å². The molecule has 0 radical (unpaired) electrons. The molecule has 7 aromatic rings. The van der Waals surface area contributed by atoms with E-state index in [1.54, 1.807) is 0 Å². The summed E-state index contributed by atoms with van der Waals surface area (Å²) < 4.78 is 2.17. The van der Waals surface area contributed by atoms with E-state index in [-0.39, 0.29) is 0 Å². The zero-order valence-electron chi connectivity index (χ0n) is 22.8. The van der Waals surface area contributed by atoms with E-state index in [1.165, 1.54) is 38.7 Å². The first-order valence-corrected chi connectivity index (χ1v) is 14.1. The van der Waals surface area contributed by atoms with Crippen molar-refractivity contribution in [2.45, 2.75) is 12.8 Å². The van der Waals surface area contributed by atoms with Crippen LogP contribution >= 0.6 is 0 Å². The maximum Gasteiger partial charge on any atom is 0.140 e. The predicted octanol–water partition coefficient (Wildman–Crippen LogP) is 9.08. The van der Waals surface area contributed by atoms with Crippen LogP contribution in [0.3, 0.4) is 0 Å². The fraction of sp³-hybridized carbons (Fsp3) is 0.0811. The van der Waals surface area contributed by atoms with E-state index >= 15 is 0 Å². The van der Waals surface area contributed by atoms with Crippen molar-refractivity contribution >= 4 is 27.9 Å². The van der Waals surface area contributed by atoms with E-state index < -0.39 is 0 Å².